The van der Waals surface area contributed by atoms with Crippen molar-refractivity contribution in [3.63, 3.8) is 0 Å². The summed E-state index contributed by atoms with van der Waals surface area (Å²) in [5, 5.41) is 6.36. The molecule has 0 atom stereocenters. The second-order valence-electron chi connectivity index (χ2n) is 2.03. The van der Waals surface area contributed by atoms with Gasteiger partial charge in [0.2, 0.25) is 0 Å². The second kappa shape index (κ2) is 3.95. The first-order valence-electron chi connectivity index (χ1n) is 2.77. The SMILES string of the molecule is CN1B(Br)NB(Br)NB1Br. The van der Waals surface area contributed by atoms with Gasteiger partial charge in [-0.15, -0.1) is 47.3 Å². The van der Waals surface area contributed by atoms with Gasteiger partial charge in [0.05, 0.1) is 0 Å². The molecule has 1 aliphatic heterocycles. The lowest BCUT2D eigenvalue weighted by molar-refractivity contribution is 0.800. The lowest BCUT2D eigenvalue weighted by Crippen LogP contribution is -2.69. The molecule has 0 bridgehead atoms. The fourth-order valence-corrected chi connectivity index (χ4v) is 3.17. The lowest BCUT2D eigenvalue weighted by Gasteiger charge is -2.32. The number of halogens is 3. The van der Waals surface area contributed by atoms with Gasteiger partial charge < -0.3 is 15.0 Å². The van der Waals surface area contributed by atoms with E-state index in [-0.39, 0.29) is 17.4 Å². The van der Waals surface area contributed by atoms with Gasteiger partial charge in [-0.25, -0.2) is 0 Å². The summed E-state index contributed by atoms with van der Waals surface area (Å²) in [7, 11) is 2.00. The van der Waals surface area contributed by atoms with Gasteiger partial charge >= 0.3 is 17.4 Å². The molecule has 0 aromatic heterocycles. The Bertz CT molecular complexity index is 114. The normalized spacial score (nSPS) is 22.2. The minimum Gasteiger partial charge on any atom is -0.351 e. The van der Waals surface area contributed by atoms with E-state index in [4.69, 9.17) is 0 Å². The Kier molecular flexibility index (Phi) is 3.80. The molecule has 0 aromatic carbocycles. The van der Waals surface area contributed by atoms with Gasteiger partial charge in [0.15, 0.2) is 0 Å². The molecule has 1 fully saturated rings. The number of rotatable bonds is 0. The Morgan fingerprint density at radius 3 is 1.90 bits per heavy atom. The molecule has 2 N–H and O–H groups in total. The summed E-state index contributed by atoms with van der Waals surface area (Å²) in [6.45, 7) is 0. The van der Waals surface area contributed by atoms with Gasteiger partial charge in [-0.3, -0.25) is 0 Å². The molecule has 3 nitrogen and oxygen atoms in total. The zero-order valence-corrected chi connectivity index (χ0v) is 10.1. The Hall–Kier alpha value is 1.51. The summed E-state index contributed by atoms with van der Waals surface area (Å²) in [6.07, 6.45) is 0. The lowest BCUT2D eigenvalue weighted by atomic mass is 9.81. The van der Waals surface area contributed by atoms with Gasteiger partial charge in [-0.2, -0.15) is 0 Å². The third kappa shape index (κ3) is 2.25. The summed E-state index contributed by atoms with van der Waals surface area (Å²) in [6, 6.07) is 0. The van der Waals surface area contributed by atoms with Crippen LogP contribution in [-0.4, -0.2) is 29.2 Å². The first kappa shape index (κ1) is 9.60. The van der Waals surface area contributed by atoms with Gasteiger partial charge in [-0.05, 0) is 7.05 Å². The molecule has 0 aliphatic carbocycles. The van der Waals surface area contributed by atoms with Crippen molar-refractivity contribution < 1.29 is 0 Å². The third-order valence-electron chi connectivity index (χ3n) is 1.28. The van der Waals surface area contributed by atoms with E-state index in [1.165, 1.54) is 0 Å². The Morgan fingerprint density at radius 1 is 1.10 bits per heavy atom. The van der Waals surface area contributed by atoms with Gasteiger partial charge in [-0.1, -0.05) is 0 Å². The zero-order valence-electron chi connectivity index (χ0n) is 5.31. The van der Waals surface area contributed by atoms with E-state index in [1.54, 1.807) is 0 Å². The highest BCUT2D eigenvalue weighted by atomic mass is 79.9. The van der Waals surface area contributed by atoms with Crippen molar-refractivity contribution in [2.45, 2.75) is 0 Å². The second-order valence-corrected chi connectivity index (χ2v) is 4.68. The topological polar surface area (TPSA) is 27.3 Å². The summed E-state index contributed by atoms with van der Waals surface area (Å²) >= 11 is 10.3. The standard InChI is InChI=1S/CH5B3Br3N3/c1-10-3(6)8-2(5)9-4(10)7/h8-9H,1H3. The quantitative estimate of drug-likeness (QED) is 0.623. The van der Waals surface area contributed by atoms with E-state index < -0.39 is 0 Å². The summed E-state index contributed by atoms with van der Waals surface area (Å²) < 4.78 is 2.07. The van der Waals surface area contributed by atoms with Crippen molar-refractivity contribution in [1.29, 1.82) is 0 Å². The molecule has 9 heteroatoms. The molecule has 54 valence electrons. The monoisotopic (exact) mass is 329 g/mol. The molecule has 0 amide bonds. The van der Waals surface area contributed by atoms with Crippen LogP contribution in [0.1, 0.15) is 0 Å². The van der Waals surface area contributed by atoms with Crippen molar-refractivity contribution in [3.8, 4) is 0 Å². The molecular weight excluding hydrogens is 326 g/mol. The van der Waals surface area contributed by atoms with Gasteiger partial charge in [0, 0.05) is 0 Å². The predicted octanol–water partition coefficient (Wildman–Crippen LogP) is 0.250. The van der Waals surface area contributed by atoms with E-state index in [2.05, 4.69) is 62.3 Å². The van der Waals surface area contributed by atoms with Crippen molar-refractivity contribution in [2.24, 2.45) is 0 Å². The molecule has 10 heavy (non-hydrogen) atoms. The Labute approximate surface area is 86.3 Å². The molecule has 0 spiro atoms. The minimum atomic E-state index is 0.150. The molecular formula is CH5B3Br3N3. The fourth-order valence-electron chi connectivity index (χ4n) is 0.640. The van der Waals surface area contributed by atoms with Crippen molar-refractivity contribution in [3.05, 3.63) is 0 Å². The largest absolute Gasteiger partial charge is 0.368 e. The van der Waals surface area contributed by atoms with Crippen molar-refractivity contribution >= 4 is 64.7 Å². The summed E-state index contributed by atoms with van der Waals surface area (Å²) in [5.74, 6) is 0.544. The predicted molar refractivity (Wildman–Crippen MR) is 58.1 cm³/mol. The average molecular weight is 331 g/mol. The molecule has 0 aromatic rings. The smallest absolute Gasteiger partial charge is 0.351 e. The van der Waals surface area contributed by atoms with E-state index in [0.29, 0.717) is 0 Å². The maximum absolute atomic E-state index is 3.45. The van der Waals surface area contributed by atoms with Crippen molar-refractivity contribution in [1.82, 2.24) is 15.0 Å². The molecule has 1 saturated heterocycles. The molecule has 1 rings (SSSR count). The fraction of sp³-hybridized carbons (Fsp3) is 1.00. The highest BCUT2D eigenvalue weighted by Crippen LogP contribution is 2.09. The van der Waals surface area contributed by atoms with Crippen molar-refractivity contribution in [2.75, 3.05) is 7.05 Å². The number of hydrogen-bond donors (Lipinski definition) is 2. The summed E-state index contributed by atoms with van der Waals surface area (Å²) in [5.41, 5.74) is 0. The molecule has 0 saturated carbocycles. The zero-order chi connectivity index (χ0) is 7.72. The van der Waals surface area contributed by atoms with E-state index in [0.717, 1.165) is 0 Å². The van der Waals surface area contributed by atoms with E-state index >= 15 is 0 Å². The Morgan fingerprint density at radius 2 is 1.50 bits per heavy atom. The highest BCUT2D eigenvalue weighted by molar-refractivity contribution is 9.27. The van der Waals surface area contributed by atoms with Crippen LogP contribution in [0.2, 0.25) is 0 Å². The van der Waals surface area contributed by atoms with Crippen LogP contribution in [0.3, 0.4) is 0 Å². The van der Waals surface area contributed by atoms with Crippen LogP contribution in [0.15, 0.2) is 0 Å². The Balaban J connectivity index is 2.49. The first-order valence-corrected chi connectivity index (χ1v) is 5.52. The number of hydrogen-bond acceptors (Lipinski definition) is 3. The van der Waals surface area contributed by atoms with Gasteiger partial charge in [0.1, 0.15) is 0 Å². The van der Waals surface area contributed by atoms with E-state index in [9.17, 15) is 0 Å². The van der Waals surface area contributed by atoms with Crippen LogP contribution in [0, 0.1) is 0 Å². The first-order chi connectivity index (χ1) is 4.61. The van der Waals surface area contributed by atoms with Crippen LogP contribution in [0.4, 0.5) is 0 Å². The van der Waals surface area contributed by atoms with Crippen LogP contribution >= 0.6 is 47.3 Å². The average Bonchev–Trinajstić information content (AvgIpc) is 1.82. The highest BCUT2D eigenvalue weighted by Gasteiger charge is 2.36. The molecule has 1 aliphatic rings. The van der Waals surface area contributed by atoms with Gasteiger partial charge in [0.25, 0.3) is 0 Å². The number of nitrogens with zero attached hydrogens (tertiary/aromatic N) is 1. The van der Waals surface area contributed by atoms with Crippen LogP contribution in [0.25, 0.3) is 0 Å². The molecule has 0 radical (unpaired) electrons. The van der Waals surface area contributed by atoms with Crippen LogP contribution in [-0.2, 0) is 0 Å². The number of nitrogens with one attached hydrogen (secondary N) is 2. The van der Waals surface area contributed by atoms with Crippen LogP contribution in [0.5, 0.6) is 0 Å². The molecule has 0 unspecified atom stereocenters. The van der Waals surface area contributed by atoms with E-state index in [1.807, 2.05) is 7.05 Å². The maximum atomic E-state index is 3.45. The molecule has 1 heterocycles. The minimum absolute atomic E-state index is 0.150. The summed E-state index contributed by atoms with van der Waals surface area (Å²) in [4.78, 5) is 0. The third-order valence-corrected chi connectivity index (χ3v) is 3.63. The maximum Gasteiger partial charge on any atom is 0.368 e. The van der Waals surface area contributed by atoms with Crippen LogP contribution < -0.4 is 10.3 Å².